The number of hydrogen-bond donors (Lipinski definition) is 1. The molecule has 4 heteroatoms. The van der Waals surface area contributed by atoms with Crippen molar-refractivity contribution in [1.29, 1.82) is 5.26 Å². The number of aryl methyl sites for hydroxylation is 2. The number of amides is 1. The van der Waals surface area contributed by atoms with Crippen molar-refractivity contribution in [2.24, 2.45) is 11.1 Å². The van der Waals surface area contributed by atoms with Crippen LogP contribution < -0.4 is 5.73 Å². The molecule has 0 unspecified atom stereocenters. The molecule has 2 aliphatic rings. The normalized spacial score (nSPS) is 25.2. The Morgan fingerprint density at radius 1 is 1.03 bits per heavy atom. The Hall–Kier alpha value is -3.84. The molecule has 4 atom stereocenters. The van der Waals surface area contributed by atoms with Crippen molar-refractivity contribution in [3.05, 3.63) is 112 Å². The minimum absolute atomic E-state index is 0.101. The Morgan fingerprint density at radius 2 is 1.76 bits per heavy atom. The monoisotopic (exact) mass is 433 g/mol. The van der Waals surface area contributed by atoms with Gasteiger partial charge in [0.05, 0.1) is 12.1 Å². The van der Waals surface area contributed by atoms with Gasteiger partial charge in [0.1, 0.15) is 0 Å². The lowest BCUT2D eigenvalue weighted by Gasteiger charge is -2.36. The number of fused-ring (bicyclic) bond motifs is 3. The van der Waals surface area contributed by atoms with E-state index in [2.05, 4.69) is 67.4 Å². The quantitative estimate of drug-likeness (QED) is 0.627. The van der Waals surface area contributed by atoms with Crippen molar-refractivity contribution >= 4 is 12.0 Å². The first-order chi connectivity index (χ1) is 16.0. The first-order valence-electron chi connectivity index (χ1n) is 11.3. The van der Waals surface area contributed by atoms with Crippen LogP contribution in [0.3, 0.4) is 0 Å². The zero-order chi connectivity index (χ0) is 23.2. The number of nitriles is 1. The zero-order valence-corrected chi connectivity index (χ0v) is 18.9. The molecule has 2 aliphatic heterocycles. The highest BCUT2D eigenvalue weighted by molar-refractivity contribution is 5.88. The average molecular weight is 434 g/mol. The molecule has 2 heterocycles. The Kier molecular flexibility index (Phi) is 5.06. The third kappa shape index (κ3) is 3.15. The van der Waals surface area contributed by atoms with Gasteiger partial charge in [-0.05, 0) is 54.2 Å². The van der Waals surface area contributed by atoms with Crippen molar-refractivity contribution in [1.82, 2.24) is 4.90 Å². The van der Waals surface area contributed by atoms with Crippen molar-refractivity contribution < 1.29 is 4.79 Å². The van der Waals surface area contributed by atoms with Crippen LogP contribution in [0.15, 0.2) is 79.0 Å². The highest BCUT2D eigenvalue weighted by Crippen LogP contribution is 2.60. The highest BCUT2D eigenvalue weighted by Gasteiger charge is 2.64. The number of carbonyl (C=O) groups excluding carboxylic acids is 1. The molecule has 5 rings (SSSR count). The second-order valence-electron chi connectivity index (χ2n) is 9.23. The molecular formula is C29H27N3O. The van der Waals surface area contributed by atoms with Crippen LogP contribution in [0.1, 0.15) is 45.3 Å². The number of nitrogens with two attached hydrogens (primary N) is 1. The van der Waals surface area contributed by atoms with Gasteiger partial charge in [-0.15, -0.1) is 0 Å². The van der Waals surface area contributed by atoms with E-state index in [0.29, 0.717) is 6.42 Å². The summed E-state index contributed by atoms with van der Waals surface area (Å²) in [5.41, 5.74) is 11.2. The second-order valence-corrected chi connectivity index (χ2v) is 9.23. The molecule has 1 fully saturated rings. The fourth-order valence-corrected chi connectivity index (χ4v) is 5.93. The molecule has 164 valence electrons. The van der Waals surface area contributed by atoms with Gasteiger partial charge in [-0.1, -0.05) is 78.4 Å². The number of hydrogen-bond acceptors (Lipinski definition) is 3. The predicted octanol–water partition coefficient (Wildman–Crippen LogP) is 5.03. The van der Waals surface area contributed by atoms with Crippen LogP contribution in [0, 0.1) is 30.6 Å². The molecule has 2 N–H and O–H groups in total. The van der Waals surface area contributed by atoms with E-state index in [9.17, 15) is 10.1 Å². The van der Waals surface area contributed by atoms with E-state index in [4.69, 9.17) is 5.73 Å². The number of nitrogens with zero attached hydrogens (tertiary/aromatic N) is 2. The van der Waals surface area contributed by atoms with Crippen molar-refractivity contribution in [2.75, 3.05) is 0 Å². The standard InChI is InChI=1S/C29H27N3O/c1-19-12-13-23(20(2)16-19)26-25(17-21-8-4-3-5-9-21)32-15-14-22-10-6-7-11-24(22)27(32)29(26,18-30)28(31)33/h3-16,25-27H,17H2,1-2H3,(H2,31,33)/t25-,26+,27-,29-/m0/s1. The minimum atomic E-state index is -1.40. The lowest BCUT2D eigenvalue weighted by molar-refractivity contribution is -0.126. The van der Waals surface area contributed by atoms with Gasteiger partial charge in [0.25, 0.3) is 0 Å². The summed E-state index contributed by atoms with van der Waals surface area (Å²) >= 11 is 0. The molecule has 4 nitrogen and oxygen atoms in total. The van der Waals surface area contributed by atoms with Crippen LogP contribution in [0.25, 0.3) is 6.08 Å². The summed E-state index contributed by atoms with van der Waals surface area (Å²) in [6.07, 6.45) is 4.84. The first kappa shape index (κ1) is 21.0. The smallest absolute Gasteiger partial charge is 0.241 e. The van der Waals surface area contributed by atoms with E-state index < -0.39 is 17.4 Å². The summed E-state index contributed by atoms with van der Waals surface area (Å²) in [6, 6.07) is 26.5. The van der Waals surface area contributed by atoms with E-state index in [1.54, 1.807) is 0 Å². The van der Waals surface area contributed by atoms with Gasteiger partial charge in [-0.25, -0.2) is 0 Å². The van der Waals surface area contributed by atoms with Gasteiger partial charge < -0.3 is 10.6 Å². The summed E-state index contributed by atoms with van der Waals surface area (Å²) in [4.78, 5) is 15.5. The maximum Gasteiger partial charge on any atom is 0.241 e. The molecule has 0 bridgehead atoms. The summed E-state index contributed by atoms with van der Waals surface area (Å²) in [6.45, 7) is 4.12. The Balaban J connectivity index is 1.78. The third-order valence-corrected chi connectivity index (χ3v) is 7.35. The van der Waals surface area contributed by atoms with Crippen LogP contribution in [0.2, 0.25) is 0 Å². The van der Waals surface area contributed by atoms with E-state index in [1.165, 1.54) is 5.56 Å². The number of primary amides is 1. The first-order valence-corrected chi connectivity index (χ1v) is 11.3. The molecule has 1 saturated heterocycles. The van der Waals surface area contributed by atoms with E-state index in [1.807, 2.05) is 42.5 Å². The molecule has 0 spiro atoms. The van der Waals surface area contributed by atoms with Crippen LogP contribution in [-0.2, 0) is 11.2 Å². The summed E-state index contributed by atoms with van der Waals surface area (Å²) in [5, 5.41) is 10.7. The van der Waals surface area contributed by atoms with E-state index in [-0.39, 0.29) is 12.0 Å². The van der Waals surface area contributed by atoms with Gasteiger partial charge >= 0.3 is 0 Å². The molecule has 3 aromatic rings. The highest BCUT2D eigenvalue weighted by atomic mass is 16.1. The zero-order valence-electron chi connectivity index (χ0n) is 18.9. The molecule has 33 heavy (non-hydrogen) atoms. The number of rotatable bonds is 4. The SMILES string of the molecule is Cc1ccc([C@@H]2[C@H](Cc3ccccc3)N3C=Cc4ccccc4[C@H]3[C@@]2(C#N)C(N)=O)c(C)c1. The molecule has 3 aromatic carbocycles. The average Bonchev–Trinajstić information content (AvgIpc) is 3.10. The summed E-state index contributed by atoms with van der Waals surface area (Å²) in [5.74, 6) is -0.938. The topological polar surface area (TPSA) is 70.1 Å². The van der Waals surface area contributed by atoms with Gasteiger partial charge in [0.15, 0.2) is 5.41 Å². The van der Waals surface area contributed by atoms with Crippen LogP contribution in [0.4, 0.5) is 0 Å². The lowest BCUT2D eigenvalue weighted by Crippen LogP contribution is -2.44. The maximum atomic E-state index is 13.3. The van der Waals surface area contributed by atoms with Crippen molar-refractivity contribution in [2.45, 2.75) is 38.3 Å². The molecule has 1 amide bonds. The predicted molar refractivity (Wildman–Crippen MR) is 130 cm³/mol. The Bertz CT molecular complexity index is 1290. The molecule has 0 aromatic heterocycles. The molecular weight excluding hydrogens is 406 g/mol. The minimum Gasteiger partial charge on any atom is -0.368 e. The fraction of sp³-hybridized carbons (Fsp3) is 0.241. The van der Waals surface area contributed by atoms with Crippen LogP contribution in [-0.4, -0.2) is 16.8 Å². The Morgan fingerprint density at radius 3 is 2.45 bits per heavy atom. The fourth-order valence-electron chi connectivity index (χ4n) is 5.93. The summed E-state index contributed by atoms with van der Waals surface area (Å²) < 4.78 is 0. The van der Waals surface area contributed by atoms with E-state index in [0.717, 1.165) is 27.8 Å². The number of carbonyl (C=O) groups is 1. The summed E-state index contributed by atoms with van der Waals surface area (Å²) in [7, 11) is 0. The van der Waals surface area contributed by atoms with Gasteiger partial charge in [0.2, 0.25) is 5.91 Å². The Labute approximate surface area is 195 Å². The molecule has 0 saturated carbocycles. The van der Waals surface area contributed by atoms with Crippen LogP contribution in [0.5, 0.6) is 0 Å². The maximum absolute atomic E-state index is 13.3. The second kappa shape index (κ2) is 7.94. The largest absolute Gasteiger partial charge is 0.368 e. The van der Waals surface area contributed by atoms with Gasteiger partial charge in [-0.3, -0.25) is 4.79 Å². The van der Waals surface area contributed by atoms with Crippen molar-refractivity contribution in [3.8, 4) is 6.07 Å². The van der Waals surface area contributed by atoms with E-state index >= 15 is 0 Å². The number of benzene rings is 3. The molecule has 0 aliphatic carbocycles. The van der Waals surface area contributed by atoms with Crippen LogP contribution >= 0.6 is 0 Å². The molecule has 0 radical (unpaired) electrons. The lowest BCUT2D eigenvalue weighted by atomic mass is 9.65. The van der Waals surface area contributed by atoms with Crippen molar-refractivity contribution in [3.63, 3.8) is 0 Å². The third-order valence-electron chi connectivity index (χ3n) is 7.35. The van der Waals surface area contributed by atoms with Gasteiger partial charge in [-0.2, -0.15) is 5.26 Å². The van der Waals surface area contributed by atoms with Gasteiger partial charge in [0, 0.05) is 18.2 Å².